The van der Waals surface area contributed by atoms with Gasteiger partial charge < -0.3 is 9.97 Å². The quantitative estimate of drug-likeness (QED) is 0.0702. The van der Waals surface area contributed by atoms with E-state index in [1.807, 2.05) is 97.7 Å². The molecule has 0 fully saturated rings. The monoisotopic (exact) mass is 1050 g/mol. The van der Waals surface area contributed by atoms with Gasteiger partial charge in [0.1, 0.15) is 24.9 Å². The van der Waals surface area contributed by atoms with Gasteiger partial charge in [0.15, 0.2) is 0 Å². The molecule has 2 aromatic heterocycles. The Hall–Kier alpha value is -7.43. The Balaban J connectivity index is 0.000000188. The van der Waals surface area contributed by atoms with E-state index in [1.165, 1.54) is 44.5 Å². The van der Waals surface area contributed by atoms with Crippen LogP contribution in [0.5, 0.6) is 0 Å². The van der Waals surface area contributed by atoms with E-state index in [0.29, 0.717) is 0 Å². The second kappa shape index (κ2) is 26.5. The number of benzene rings is 8. The van der Waals surface area contributed by atoms with E-state index in [0.717, 1.165) is 22.8 Å². The minimum absolute atomic E-state index is 0. The average molecular weight is 1050 g/mol. The van der Waals surface area contributed by atoms with Crippen LogP contribution in [0, 0.1) is 0 Å². The molecule has 0 atom stereocenters. The summed E-state index contributed by atoms with van der Waals surface area (Å²) in [4.78, 5) is 23.9. The molecule has 0 unspecified atom stereocenters. The van der Waals surface area contributed by atoms with Gasteiger partial charge in [-0.25, -0.2) is 20.0 Å². The summed E-state index contributed by atoms with van der Waals surface area (Å²) < 4.78 is 0. The molecule has 0 aliphatic rings. The van der Waals surface area contributed by atoms with Crippen LogP contribution >= 0.6 is 0 Å². The summed E-state index contributed by atoms with van der Waals surface area (Å²) in [5, 5.41) is 0. The standard InChI is InChI=1S/2C32H26N3.Ba/c2*1-5-13-25(14-6-1)31(26-15-7-2-8-16-26)33-23-29-21-22-30(35-29)24-34-32(27-17-9-3-10-18-27)28-19-11-4-12-20-28;/h2*1-24,31-32H;/q2*-1;+2/p+4. The van der Waals surface area contributed by atoms with E-state index >= 15 is 0 Å². The van der Waals surface area contributed by atoms with Crippen LogP contribution in [0.2, 0.25) is 0 Å². The van der Waals surface area contributed by atoms with Crippen molar-refractivity contribution in [3.05, 3.63) is 334 Å². The van der Waals surface area contributed by atoms with Crippen LogP contribution in [0.1, 0.15) is 91.5 Å². The van der Waals surface area contributed by atoms with Gasteiger partial charge in [-0.3, -0.25) is 0 Å². The molecular formula is C64H56BaN6+4. The van der Waals surface area contributed by atoms with Crippen molar-refractivity contribution in [2.24, 2.45) is 0 Å². The Labute approximate surface area is 457 Å². The first-order valence-electron chi connectivity index (χ1n) is 23.8. The molecule has 4 N–H and O–H groups in total. The summed E-state index contributed by atoms with van der Waals surface area (Å²) >= 11 is 0. The van der Waals surface area contributed by atoms with Gasteiger partial charge in [0.25, 0.3) is 0 Å². The van der Waals surface area contributed by atoms with E-state index in [-0.39, 0.29) is 73.0 Å². The zero-order valence-corrected chi connectivity index (χ0v) is 44.1. The van der Waals surface area contributed by atoms with Gasteiger partial charge in [0.2, 0.25) is 24.2 Å². The van der Waals surface area contributed by atoms with Crippen molar-refractivity contribution in [1.29, 1.82) is 0 Å². The molecule has 0 saturated carbocycles. The van der Waals surface area contributed by atoms with Crippen molar-refractivity contribution < 1.29 is 20.0 Å². The van der Waals surface area contributed by atoms with Gasteiger partial charge >= 0.3 is 48.9 Å². The van der Waals surface area contributed by atoms with Gasteiger partial charge in [0, 0.05) is 44.5 Å². The Morgan fingerprint density at radius 2 is 0.352 bits per heavy atom. The molecule has 340 valence electrons. The van der Waals surface area contributed by atoms with Crippen molar-refractivity contribution in [1.82, 2.24) is 9.97 Å². The SMILES string of the molecule is C(=[NH+]C(c1ccccc1)c1ccccc1)c1ccc(C=[NH+]C(c2ccccc2)c2ccccc2)[n-]1.C(=[NH+]C(c1ccccc1)c1ccccc1)c1ccc(C=[NH+]C(c2ccccc2)c2ccccc2)[n-]1.[Ba+2]. The van der Waals surface area contributed by atoms with Crippen LogP contribution in [-0.2, 0) is 0 Å². The fourth-order valence-corrected chi connectivity index (χ4v) is 8.49. The summed E-state index contributed by atoms with van der Waals surface area (Å²) in [6.07, 6.45) is 7.98. The Bertz CT molecular complexity index is 2600. The van der Waals surface area contributed by atoms with E-state index < -0.39 is 0 Å². The smallest absolute Gasteiger partial charge is 0.648 e. The van der Waals surface area contributed by atoms with E-state index in [9.17, 15) is 0 Å². The molecule has 71 heavy (non-hydrogen) atoms. The van der Waals surface area contributed by atoms with E-state index in [2.05, 4.69) is 214 Å². The summed E-state index contributed by atoms with van der Waals surface area (Å²) in [7, 11) is 0. The number of rotatable bonds is 16. The van der Waals surface area contributed by atoms with Crippen molar-refractivity contribution in [2.45, 2.75) is 24.2 Å². The van der Waals surface area contributed by atoms with Gasteiger partial charge in [-0.1, -0.05) is 290 Å². The van der Waals surface area contributed by atoms with Crippen LogP contribution in [-0.4, -0.2) is 73.7 Å². The van der Waals surface area contributed by atoms with Crippen LogP contribution < -0.4 is 29.9 Å². The second-order valence-corrected chi connectivity index (χ2v) is 16.9. The van der Waals surface area contributed by atoms with Gasteiger partial charge in [-0.05, 0) is 0 Å². The molecule has 10 aromatic rings. The maximum Gasteiger partial charge on any atom is 2.00 e. The molecule has 0 saturated heterocycles. The zero-order valence-electron chi connectivity index (χ0n) is 39.6. The van der Waals surface area contributed by atoms with Gasteiger partial charge in [-0.2, -0.15) is 0 Å². The molecule has 0 aliphatic carbocycles. The molecule has 2 heterocycles. The topological polar surface area (TPSA) is 84.1 Å². The van der Waals surface area contributed by atoms with Crippen molar-refractivity contribution in [2.75, 3.05) is 0 Å². The molecule has 0 aliphatic heterocycles. The molecule has 6 nitrogen and oxygen atoms in total. The van der Waals surface area contributed by atoms with Crippen molar-refractivity contribution >= 4 is 73.7 Å². The Kier molecular flexibility index (Phi) is 18.7. The first kappa shape index (κ1) is 50.0. The molecule has 7 heteroatoms. The summed E-state index contributed by atoms with van der Waals surface area (Å²) in [6, 6.07) is 92.2. The van der Waals surface area contributed by atoms with Crippen LogP contribution in [0.3, 0.4) is 0 Å². The zero-order chi connectivity index (χ0) is 47.4. The number of hydrogen-bond donors (Lipinski definition) is 4. The van der Waals surface area contributed by atoms with E-state index in [4.69, 9.17) is 9.97 Å². The molecule has 0 radical (unpaired) electrons. The predicted molar refractivity (Wildman–Crippen MR) is 289 cm³/mol. The molecule has 10 rings (SSSR count). The largest absolute Gasteiger partial charge is 2.00 e. The molecular weight excluding hydrogens is 990 g/mol. The number of aromatic nitrogens is 2. The van der Waals surface area contributed by atoms with Gasteiger partial charge in [0.05, 0.1) is 0 Å². The minimum atomic E-state index is 0. The van der Waals surface area contributed by atoms with Crippen molar-refractivity contribution in [3.63, 3.8) is 0 Å². The summed E-state index contributed by atoms with van der Waals surface area (Å²) in [6.45, 7) is 0. The fourth-order valence-electron chi connectivity index (χ4n) is 8.49. The Morgan fingerprint density at radius 1 is 0.211 bits per heavy atom. The maximum absolute atomic E-state index is 4.79. The van der Waals surface area contributed by atoms with Crippen LogP contribution in [0.4, 0.5) is 0 Å². The molecule has 0 bridgehead atoms. The third-order valence-corrected chi connectivity index (χ3v) is 12.0. The normalized spacial score (nSPS) is 11.5. The minimum Gasteiger partial charge on any atom is -0.648 e. The third-order valence-electron chi connectivity index (χ3n) is 12.0. The number of nitrogens with zero attached hydrogens (tertiary/aromatic N) is 2. The third kappa shape index (κ3) is 14.3. The van der Waals surface area contributed by atoms with Crippen LogP contribution in [0.25, 0.3) is 0 Å². The van der Waals surface area contributed by atoms with Crippen molar-refractivity contribution in [3.8, 4) is 0 Å². The number of nitrogens with one attached hydrogen (secondary N) is 4. The number of hydrogen-bond acceptors (Lipinski definition) is 0. The first-order chi connectivity index (χ1) is 34.7. The second-order valence-electron chi connectivity index (χ2n) is 16.9. The summed E-state index contributed by atoms with van der Waals surface area (Å²) in [5.74, 6) is 0. The van der Waals surface area contributed by atoms with Gasteiger partial charge in [-0.15, -0.1) is 0 Å². The Morgan fingerprint density at radius 3 is 0.493 bits per heavy atom. The predicted octanol–water partition coefficient (Wildman–Crippen LogP) is 6.06. The maximum atomic E-state index is 4.79. The van der Waals surface area contributed by atoms with E-state index in [1.54, 1.807) is 0 Å². The molecule has 0 spiro atoms. The van der Waals surface area contributed by atoms with Crippen LogP contribution in [0.15, 0.2) is 267 Å². The molecule has 8 aromatic carbocycles. The summed E-state index contributed by atoms with van der Waals surface area (Å²) in [5.41, 5.74) is 13.3. The first-order valence-corrected chi connectivity index (χ1v) is 23.8. The molecule has 0 amide bonds. The average Bonchev–Trinajstić information content (AvgIpc) is 4.11. The fraction of sp³-hybridized carbons (Fsp3) is 0.0625.